The van der Waals surface area contributed by atoms with Gasteiger partial charge in [0.05, 0.1) is 24.8 Å². The zero-order valence-electron chi connectivity index (χ0n) is 18.6. The molecule has 0 saturated heterocycles. The van der Waals surface area contributed by atoms with Crippen LogP contribution in [-0.4, -0.2) is 43.6 Å². The summed E-state index contributed by atoms with van der Waals surface area (Å²) in [5, 5.41) is 14.3. The Kier molecular flexibility index (Phi) is 8.27. The number of aryl methyl sites for hydroxylation is 1. The first kappa shape index (κ1) is 25.2. The van der Waals surface area contributed by atoms with Crippen molar-refractivity contribution >= 4 is 33.7 Å². The van der Waals surface area contributed by atoms with Gasteiger partial charge in [-0.15, -0.1) is 0 Å². The third-order valence-electron chi connectivity index (χ3n) is 4.89. The lowest BCUT2D eigenvalue weighted by molar-refractivity contribution is -0.121. The molecule has 3 rings (SSSR count). The SMILES string of the molecule is COc1cccc(/C=N\NC(=O)CN(Cc2ccc(C)cc2)S(=O)(=O)c2ccc(Cl)cc2)c1O. The molecule has 0 aliphatic carbocycles. The molecule has 178 valence electrons. The van der Waals surface area contributed by atoms with E-state index in [2.05, 4.69) is 10.5 Å². The minimum atomic E-state index is -4.01. The quantitative estimate of drug-likeness (QED) is 0.343. The maximum absolute atomic E-state index is 13.3. The molecule has 0 aromatic heterocycles. The first-order chi connectivity index (χ1) is 16.2. The van der Waals surface area contributed by atoms with Crippen LogP contribution in [0.3, 0.4) is 0 Å². The number of carbonyl (C=O) groups is 1. The molecule has 10 heteroatoms. The zero-order valence-corrected chi connectivity index (χ0v) is 20.2. The van der Waals surface area contributed by atoms with Crippen LogP contribution in [0, 0.1) is 6.92 Å². The third kappa shape index (κ3) is 6.34. The van der Waals surface area contributed by atoms with E-state index in [1.165, 1.54) is 37.6 Å². The molecule has 0 saturated carbocycles. The van der Waals surface area contributed by atoms with Gasteiger partial charge in [-0.05, 0) is 48.9 Å². The van der Waals surface area contributed by atoms with Crippen molar-refractivity contribution in [2.45, 2.75) is 18.4 Å². The molecule has 2 N–H and O–H groups in total. The first-order valence-corrected chi connectivity index (χ1v) is 12.0. The number of aromatic hydroxyl groups is 1. The molecule has 3 aromatic carbocycles. The van der Waals surface area contributed by atoms with Crippen LogP contribution in [0.4, 0.5) is 0 Å². The van der Waals surface area contributed by atoms with Gasteiger partial charge >= 0.3 is 0 Å². The fourth-order valence-corrected chi connectivity index (χ4v) is 4.57. The maximum atomic E-state index is 13.3. The molecule has 0 aliphatic heterocycles. The number of halogens is 1. The molecule has 34 heavy (non-hydrogen) atoms. The summed E-state index contributed by atoms with van der Waals surface area (Å²) in [5.41, 5.74) is 4.38. The predicted molar refractivity (Wildman–Crippen MR) is 131 cm³/mol. The second kappa shape index (κ2) is 11.1. The molecule has 0 fully saturated rings. The van der Waals surface area contributed by atoms with Crippen molar-refractivity contribution in [3.63, 3.8) is 0 Å². The van der Waals surface area contributed by atoms with Crippen molar-refractivity contribution in [2.75, 3.05) is 13.7 Å². The van der Waals surface area contributed by atoms with Crippen LogP contribution < -0.4 is 10.2 Å². The summed E-state index contributed by atoms with van der Waals surface area (Å²) in [6, 6.07) is 17.9. The van der Waals surface area contributed by atoms with Crippen LogP contribution in [0.5, 0.6) is 11.5 Å². The number of nitrogens with zero attached hydrogens (tertiary/aromatic N) is 2. The van der Waals surface area contributed by atoms with E-state index in [0.29, 0.717) is 10.6 Å². The highest BCUT2D eigenvalue weighted by atomic mass is 35.5. The van der Waals surface area contributed by atoms with Gasteiger partial charge in [0.25, 0.3) is 5.91 Å². The highest BCUT2D eigenvalue weighted by molar-refractivity contribution is 7.89. The predicted octanol–water partition coefficient (Wildman–Crippen LogP) is 3.70. The number of carbonyl (C=O) groups excluding carboxylic acids is 1. The second-order valence-electron chi connectivity index (χ2n) is 7.40. The number of phenols is 1. The van der Waals surface area contributed by atoms with Crippen LogP contribution in [-0.2, 0) is 21.4 Å². The number of nitrogens with one attached hydrogen (secondary N) is 1. The molecule has 0 aliphatic rings. The highest BCUT2D eigenvalue weighted by Gasteiger charge is 2.27. The number of methoxy groups -OCH3 is 1. The molecule has 0 bridgehead atoms. The minimum Gasteiger partial charge on any atom is -0.504 e. The number of para-hydroxylation sites is 1. The van der Waals surface area contributed by atoms with E-state index in [-0.39, 0.29) is 22.9 Å². The van der Waals surface area contributed by atoms with Gasteiger partial charge in [-0.1, -0.05) is 47.5 Å². The molecule has 0 atom stereocenters. The summed E-state index contributed by atoms with van der Waals surface area (Å²) in [7, 11) is -2.59. The van der Waals surface area contributed by atoms with E-state index in [4.69, 9.17) is 16.3 Å². The van der Waals surface area contributed by atoms with E-state index >= 15 is 0 Å². The summed E-state index contributed by atoms with van der Waals surface area (Å²) in [5.74, 6) is -0.522. The Bertz CT molecular complexity index is 1280. The summed E-state index contributed by atoms with van der Waals surface area (Å²) in [6.07, 6.45) is 1.24. The Morgan fingerprint density at radius 2 is 1.79 bits per heavy atom. The Morgan fingerprint density at radius 1 is 1.12 bits per heavy atom. The fourth-order valence-electron chi connectivity index (χ4n) is 3.06. The van der Waals surface area contributed by atoms with Gasteiger partial charge in [0.1, 0.15) is 0 Å². The Morgan fingerprint density at radius 3 is 2.44 bits per heavy atom. The Labute approximate surface area is 203 Å². The number of hydrogen-bond donors (Lipinski definition) is 2. The van der Waals surface area contributed by atoms with Crippen molar-refractivity contribution < 1.29 is 23.1 Å². The lowest BCUT2D eigenvalue weighted by atomic mass is 10.1. The number of sulfonamides is 1. The monoisotopic (exact) mass is 501 g/mol. The van der Waals surface area contributed by atoms with E-state index < -0.39 is 22.5 Å². The molecule has 0 radical (unpaired) electrons. The van der Waals surface area contributed by atoms with Gasteiger partial charge in [0.2, 0.25) is 10.0 Å². The second-order valence-corrected chi connectivity index (χ2v) is 9.78. The molecule has 8 nitrogen and oxygen atoms in total. The van der Waals surface area contributed by atoms with E-state index in [0.717, 1.165) is 15.4 Å². The van der Waals surface area contributed by atoms with Crippen molar-refractivity contribution in [2.24, 2.45) is 5.10 Å². The van der Waals surface area contributed by atoms with Crippen LogP contribution in [0.15, 0.2) is 76.7 Å². The molecule has 0 unspecified atom stereocenters. The molecular weight excluding hydrogens is 478 g/mol. The minimum absolute atomic E-state index is 0.0148. The molecular formula is C24H24ClN3O5S. The van der Waals surface area contributed by atoms with Crippen LogP contribution in [0.2, 0.25) is 5.02 Å². The van der Waals surface area contributed by atoms with Gasteiger partial charge in [-0.25, -0.2) is 13.8 Å². The van der Waals surface area contributed by atoms with E-state index in [1.807, 2.05) is 19.1 Å². The van der Waals surface area contributed by atoms with Crippen molar-refractivity contribution in [1.82, 2.24) is 9.73 Å². The van der Waals surface area contributed by atoms with Gasteiger partial charge < -0.3 is 9.84 Å². The van der Waals surface area contributed by atoms with E-state index in [1.54, 1.807) is 30.3 Å². The van der Waals surface area contributed by atoms with Gasteiger partial charge in [-0.3, -0.25) is 4.79 Å². The average molecular weight is 502 g/mol. The summed E-state index contributed by atoms with van der Waals surface area (Å²) in [6.45, 7) is 1.44. The number of ether oxygens (including phenoxy) is 1. The van der Waals surface area contributed by atoms with Crippen molar-refractivity contribution in [3.8, 4) is 11.5 Å². The summed E-state index contributed by atoms with van der Waals surface area (Å²) >= 11 is 5.89. The topological polar surface area (TPSA) is 108 Å². The first-order valence-electron chi connectivity index (χ1n) is 10.2. The van der Waals surface area contributed by atoms with Crippen LogP contribution in [0.25, 0.3) is 0 Å². The van der Waals surface area contributed by atoms with Crippen molar-refractivity contribution in [3.05, 3.63) is 88.4 Å². The average Bonchev–Trinajstić information content (AvgIpc) is 2.81. The number of hydrogen-bond acceptors (Lipinski definition) is 6. The normalized spacial score (nSPS) is 11.6. The number of benzene rings is 3. The van der Waals surface area contributed by atoms with Gasteiger partial charge in [0.15, 0.2) is 11.5 Å². The number of amides is 1. The number of hydrazone groups is 1. The lowest BCUT2D eigenvalue weighted by Crippen LogP contribution is -2.39. The molecule has 0 heterocycles. The third-order valence-corrected chi connectivity index (χ3v) is 6.95. The number of rotatable bonds is 9. The smallest absolute Gasteiger partial charge is 0.255 e. The lowest BCUT2D eigenvalue weighted by Gasteiger charge is -2.21. The maximum Gasteiger partial charge on any atom is 0.255 e. The van der Waals surface area contributed by atoms with Crippen molar-refractivity contribution in [1.29, 1.82) is 0 Å². The summed E-state index contributed by atoms with van der Waals surface area (Å²) in [4.78, 5) is 12.6. The largest absolute Gasteiger partial charge is 0.504 e. The Hall–Kier alpha value is -3.40. The van der Waals surface area contributed by atoms with Gasteiger partial charge in [-0.2, -0.15) is 9.41 Å². The number of phenolic OH excluding ortho intramolecular Hbond substituents is 1. The Balaban J connectivity index is 1.79. The van der Waals surface area contributed by atoms with Crippen LogP contribution in [0.1, 0.15) is 16.7 Å². The highest BCUT2D eigenvalue weighted by Crippen LogP contribution is 2.28. The standard InChI is InChI=1S/C24H24ClN3O5S/c1-17-6-8-18(9-7-17)15-28(34(31,32)21-12-10-20(25)11-13-21)16-23(29)27-26-14-19-4-3-5-22(33-2)24(19)30/h3-14,30H,15-16H2,1-2H3,(H,27,29)/b26-14-. The molecule has 1 amide bonds. The zero-order chi connectivity index (χ0) is 24.7. The molecule has 0 spiro atoms. The van der Waals surface area contributed by atoms with E-state index in [9.17, 15) is 18.3 Å². The summed E-state index contributed by atoms with van der Waals surface area (Å²) < 4.78 is 32.7. The van der Waals surface area contributed by atoms with Crippen LogP contribution >= 0.6 is 11.6 Å². The molecule has 3 aromatic rings. The van der Waals surface area contributed by atoms with Gasteiger partial charge in [0, 0.05) is 17.1 Å². The fraction of sp³-hybridized carbons (Fsp3) is 0.167.